The van der Waals surface area contributed by atoms with Crippen LogP contribution in [0.4, 0.5) is 5.69 Å². The summed E-state index contributed by atoms with van der Waals surface area (Å²) >= 11 is 2.33. The van der Waals surface area contributed by atoms with Gasteiger partial charge >= 0.3 is 0 Å². The topological polar surface area (TPSA) is 94.1 Å². The lowest BCUT2D eigenvalue weighted by atomic mass is 9.95. The molecule has 0 fully saturated rings. The zero-order chi connectivity index (χ0) is 23.7. The summed E-state index contributed by atoms with van der Waals surface area (Å²) in [6, 6.07) is 22.3. The Morgan fingerprint density at radius 1 is 1.06 bits per heavy atom. The first-order chi connectivity index (χ1) is 15.8. The lowest BCUT2D eigenvalue weighted by Crippen LogP contribution is -2.40. The largest absolute Gasteiger partial charge is 0.318 e. The molecular weight excluding hydrogens is 523 g/mol. The third-order valence-electron chi connectivity index (χ3n) is 5.86. The molecule has 33 heavy (non-hydrogen) atoms. The lowest BCUT2D eigenvalue weighted by Gasteiger charge is -2.21. The van der Waals surface area contributed by atoms with Crippen LogP contribution in [-0.4, -0.2) is 16.4 Å². The van der Waals surface area contributed by atoms with Crippen LogP contribution in [0.15, 0.2) is 65.3 Å². The van der Waals surface area contributed by atoms with Gasteiger partial charge in [0.15, 0.2) is 0 Å². The minimum absolute atomic E-state index is 0.342. The molecule has 1 aliphatic heterocycles. The molecular formula is C26H23IN6. The molecule has 6 nitrogen and oxygen atoms in total. The van der Waals surface area contributed by atoms with E-state index in [1.165, 1.54) is 9.13 Å². The molecule has 2 N–H and O–H groups in total. The van der Waals surface area contributed by atoms with E-state index in [0.29, 0.717) is 11.3 Å². The van der Waals surface area contributed by atoms with E-state index in [0.717, 1.165) is 28.3 Å². The Morgan fingerprint density at radius 2 is 1.79 bits per heavy atom. The van der Waals surface area contributed by atoms with E-state index in [9.17, 15) is 10.5 Å². The zero-order valence-electron chi connectivity index (χ0n) is 18.6. The van der Waals surface area contributed by atoms with E-state index < -0.39 is 12.1 Å². The molecule has 0 bridgehead atoms. The standard InChI is InChI=1S/C26H23IN6/c1-16-11-22(9-10-24(16)27)32-17(2)12-19(18(32)3)13-20(14-28)25-23(15-29)26(30)33(31-25)21-7-5-4-6-8-21/h4-13,23,26H,30H2,1-3H3/b20-13-/t23-,26-/m1/s1. The summed E-state index contributed by atoms with van der Waals surface area (Å²) in [6.45, 7) is 6.17. The molecule has 3 aromatic rings. The number of hydrogen-bond donors (Lipinski definition) is 1. The Hall–Kier alpha value is -3.40. The normalized spacial score (nSPS) is 18.1. The second kappa shape index (κ2) is 9.22. The second-order valence-electron chi connectivity index (χ2n) is 8.03. The predicted octanol–water partition coefficient (Wildman–Crippen LogP) is 5.21. The van der Waals surface area contributed by atoms with Gasteiger partial charge < -0.3 is 10.3 Å². The number of hydrazone groups is 1. The fraction of sp³-hybridized carbons (Fsp3) is 0.192. The molecule has 4 rings (SSSR count). The third-order valence-corrected chi connectivity index (χ3v) is 7.07. The number of aromatic nitrogens is 1. The van der Waals surface area contributed by atoms with Crippen molar-refractivity contribution in [2.24, 2.45) is 16.8 Å². The fourth-order valence-electron chi connectivity index (χ4n) is 4.14. The van der Waals surface area contributed by atoms with Crippen LogP contribution in [0.3, 0.4) is 0 Å². The Bertz CT molecular complexity index is 1350. The summed E-state index contributed by atoms with van der Waals surface area (Å²) in [7, 11) is 0. The molecule has 0 saturated carbocycles. The monoisotopic (exact) mass is 546 g/mol. The fourth-order valence-corrected chi connectivity index (χ4v) is 4.47. The van der Waals surface area contributed by atoms with Crippen LogP contribution in [0.1, 0.15) is 22.5 Å². The number of allylic oxidation sites excluding steroid dienone is 1. The molecule has 0 amide bonds. The highest BCUT2D eigenvalue weighted by Gasteiger charge is 2.37. The summed E-state index contributed by atoms with van der Waals surface area (Å²) in [6.07, 6.45) is 1.15. The molecule has 0 unspecified atom stereocenters. The van der Waals surface area contributed by atoms with E-state index in [2.05, 4.69) is 69.5 Å². The van der Waals surface area contributed by atoms with Crippen molar-refractivity contribution in [2.45, 2.75) is 26.9 Å². The minimum atomic E-state index is -0.710. The SMILES string of the molecule is Cc1cc(-n2c(C)cc(/C=C(/C#N)C3=NN(c4ccccc4)[C@@H](N)[C@@H]3C#N)c2C)ccc1I. The highest BCUT2D eigenvalue weighted by molar-refractivity contribution is 14.1. The van der Waals surface area contributed by atoms with Gasteiger partial charge in [0.2, 0.25) is 0 Å². The van der Waals surface area contributed by atoms with Crippen molar-refractivity contribution >= 4 is 40.1 Å². The molecule has 0 aliphatic carbocycles. The number of hydrogen-bond acceptors (Lipinski definition) is 5. The number of nitrogens with zero attached hydrogens (tertiary/aromatic N) is 5. The van der Waals surface area contributed by atoms with Crippen LogP contribution in [0.2, 0.25) is 0 Å². The van der Waals surface area contributed by atoms with Crippen LogP contribution in [-0.2, 0) is 0 Å². The quantitative estimate of drug-likeness (QED) is 0.359. The van der Waals surface area contributed by atoms with E-state index in [-0.39, 0.29) is 0 Å². The minimum Gasteiger partial charge on any atom is -0.318 e. The maximum Gasteiger partial charge on any atom is 0.127 e. The van der Waals surface area contributed by atoms with E-state index in [1.54, 1.807) is 5.01 Å². The maximum absolute atomic E-state index is 9.98. The number of benzene rings is 2. The Balaban J connectivity index is 1.77. The van der Waals surface area contributed by atoms with Crippen LogP contribution >= 0.6 is 22.6 Å². The van der Waals surface area contributed by atoms with Gasteiger partial charge in [-0.2, -0.15) is 15.6 Å². The maximum atomic E-state index is 9.98. The van der Waals surface area contributed by atoms with Gasteiger partial charge in [0.1, 0.15) is 18.2 Å². The van der Waals surface area contributed by atoms with Gasteiger partial charge in [0.25, 0.3) is 0 Å². The average molecular weight is 546 g/mol. The van der Waals surface area contributed by atoms with Crippen molar-refractivity contribution in [3.63, 3.8) is 0 Å². The van der Waals surface area contributed by atoms with Crippen LogP contribution in [0, 0.1) is 52.9 Å². The smallest absolute Gasteiger partial charge is 0.127 e. The molecule has 1 aliphatic rings. The Kier molecular flexibility index (Phi) is 6.37. The molecule has 7 heteroatoms. The number of aryl methyl sites for hydroxylation is 2. The number of anilines is 1. The van der Waals surface area contributed by atoms with Crippen LogP contribution < -0.4 is 10.7 Å². The van der Waals surface area contributed by atoms with Crippen molar-refractivity contribution in [3.8, 4) is 17.8 Å². The summed E-state index contributed by atoms with van der Waals surface area (Å²) < 4.78 is 3.39. The number of halogens is 1. The van der Waals surface area contributed by atoms with Crippen molar-refractivity contribution in [1.29, 1.82) is 10.5 Å². The second-order valence-corrected chi connectivity index (χ2v) is 9.19. The molecule has 164 valence electrons. The van der Waals surface area contributed by atoms with Crippen LogP contribution in [0.5, 0.6) is 0 Å². The first kappa shape index (κ1) is 22.8. The number of nitrogens with two attached hydrogens (primary N) is 1. The Morgan fingerprint density at radius 3 is 2.42 bits per heavy atom. The Labute approximate surface area is 207 Å². The molecule has 2 aromatic carbocycles. The van der Waals surface area contributed by atoms with E-state index in [4.69, 9.17) is 5.73 Å². The summed E-state index contributed by atoms with van der Waals surface area (Å²) in [4.78, 5) is 0. The molecule has 0 spiro atoms. The van der Waals surface area contributed by atoms with Gasteiger partial charge in [-0.1, -0.05) is 18.2 Å². The van der Waals surface area contributed by atoms with Gasteiger partial charge in [-0.15, -0.1) is 0 Å². The summed E-state index contributed by atoms with van der Waals surface area (Å²) in [5.74, 6) is -0.710. The average Bonchev–Trinajstić information content (AvgIpc) is 3.29. The number of nitriles is 2. The van der Waals surface area contributed by atoms with Crippen molar-refractivity contribution in [2.75, 3.05) is 5.01 Å². The summed E-state index contributed by atoms with van der Waals surface area (Å²) in [5, 5.41) is 26.0. The molecule has 0 saturated heterocycles. The molecule has 2 heterocycles. The highest BCUT2D eigenvalue weighted by Crippen LogP contribution is 2.30. The van der Waals surface area contributed by atoms with E-state index in [1.807, 2.05) is 56.3 Å². The summed E-state index contributed by atoms with van der Waals surface area (Å²) in [5.41, 5.74) is 13.1. The van der Waals surface area contributed by atoms with Crippen molar-refractivity contribution in [1.82, 2.24) is 4.57 Å². The van der Waals surface area contributed by atoms with Gasteiger partial charge in [-0.05, 0) is 97.0 Å². The molecule has 0 radical (unpaired) electrons. The van der Waals surface area contributed by atoms with Gasteiger partial charge in [0, 0.05) is 20.6 Å². The van der Waals surface area contributed by atoms with Crippen LogP contribution in [0.25, 0.3) is 11.8 Å². The number of para-hydroxylation sites is 1. The van der Waals surface area contributed by atoms with E-state index >= 15 is 0 Å². The van der Waals surface area contributed by atoms with Gasteiger partial charge in [-0.3, -0.25) is 0 Å². The predicted molar refractivity (Wildman–Crippen MR) is 140 cm³/mol. The zero-order valence-corrected chi connectivity index (χ0v) is 20.8. The van der Waals surface area contributed by atoms with Gasteiger partial charge in [0.05, 0.1) is 23.0 Å². The van der Waals surface area contributed by atoms with Crippen molar-refractivity contribution in [3.05, 3.63) is 86.3 Å². The first-order valence-corrected chi connectivity index (χ1v) is 11.6. The van der Waals surface area contributed by atoms with Gasteiger partial charge in [-0.25, -0.2) is 5.01 Å². The van der Waals surface area contributed by atoms with Crippen molar-refractivity contribution < 1.29 is 0 Å². The highest BCUT2D eigenvalue weighted by atomic mass is 127. The number of rotatable bonds is 4. The molecule has 1 aromatic heterocycles. The first-order valence-electron chi connectivity index (χ1n) is 10.5. The third kappa shape index (κ3) is 4.18. The lowest BCUT2D eigenvalue weighted by molar-refractivity contribution is 0.624. The molecule has 2 atom stereocenters.